The molecule has 1 fully saturated rings. The predicted octanol–water partition coefficient (Wildman–Crippen LogP) is 4.98. The maximum absolute atomic E-state index is 13.3. The number of hydrogen-bond donors (Lipinski definition) is 2. The summed E-state index contributed by atoms with van der Waals surface area (Å²) in [5, 5.41) is 10.5. The Morgan fingerprint density at radius 3 is 2.42 bits per heavy atom. The summed E-state index contributed by atoms with van der Waals surface area (Å²) in [5.41, 5.74) is 1.72. The second-order valence-corrected chi connectivity index (χ2v) is 10.7. The molecule has 0 radical (unpaired) electrons. The van der Waals surface area contributed by atoms with Crippen LogP contribution in [0.15, 0.2) is 73.5 Å². The molecule has 10 nitrogen and oxygen atoms in total. The molecule has 11 heteroatoms. The van der Waals surface area contributed by atoms with Gasteiger partial charge in [0.25, 0.3) is 11.8 Å². The maximum atomic E-state index is 13.3. The molecular formula is C29H29N5O5S. The molecule has 0 aliphatic carbocycles. The number of amides is 2. The van der Waals surface area contributed by atoms with Gasteiger partial charge < -0.3 is 25.0 Å². The number of benzene rings is 2. The van der Waals surface area contributed by atoms with Crippen molar-refractivity contribution >= 4 is 51.0 Å². The van der Waals surface area contributed by atoms with Crippen LogP contribution in [0.1, 0.15) is 39.4 Å². The smallest absolute Gasteiger partial charge is 0.417 e. The lowest BCUT2D eigenvalue weighted by Gasteiger charge is -2.28. The number of carbonyl (C=O) groups excluding carboxylic acids is 3. The van der Waals surface area contributed by atoms with Gasteiger partial charge in [-0.3, -0.25) is 9.59 Å². The summed E-state index contributed by atoms with van der Waals surface area (Å²) in [6, 6.07) is 18.5. The highest BCUT2D eigenvalue weighted by molar-refractivity contribution is 7.20. The minimum atomic E-state index is -0.811. The minimum absolute atomic E-state index is 0.135. The zero-order valence-corrected chi connectivity index (χ0v) is 23.0. The summed E-state index contributed by atoms with van der Waals surface area (Å²) in [6.07, 6.45) is 0.182. The number of nitrogens with one attached hydrogen (secondary N) is 2. The van der Waals surface area contributed by atoms with Gasteiger partial charge in [-0.25, -0.2) is 4.79 Å². The first-order chi connectivity index (χ1) is 19.3. The molecule has 2 amide bonds. The number of thiophene rings is 1. The average molecular weight is 560 g/mol. The Morgan fingerprint density at radius 2 is 1.75 bits per heavy atom. The lowest BCUT2D eigenvalue weighted by Crippen LogP contribution is -2.40. The molecule has 1 aliphatic rings. The van der Waals surface area contributed by atoms with Crippen molar-refractivity contribution in [3.8, 4) is 0 Å². The zero-order valence-electron chi connectivity index (χ0n) is 22.2. The van der Waals surface area contributed by atoms with Crippen LogP contribution >= 0.6 is 11.3 Å². The van der Waals surface area contributed by atoms with Crippen molar-refractivity contribution in [1.82, 2.24) is 15.1 Å². The van der Waals surface area contributed by atoms with Crippen LogP contribution < -0.4 is 15.5 Å². The van der Waals surface area contributed by atoms with Gasteiger partial charge in [0, 0.05) is 24.3 Å². The minimum Gasteiger partial charge on any atom is -0.417 e. The van der Waals surface area contributed by atoms with E-state index in [4.69, 9.17) is 9.47 Å². The molecule has 2 aromatic heterocycles. The molecule has 0 spiro atoms. The lowest BCUT2D eigenvalue weighted by molar-refractivity contribution is 0.0915. The fourth-order valence-corrected chi connectivity index (χ4v) is 5.45. The first-order valence-electron chi connectivity index (χ1n) is 12.7. The third-order valence-electron chi connectivity index (χ3n) is 6.60. The van der Waals surface area contributed by atoms with Gasteiger partial charge in [-0.05, 0) is 49.7 Å². The molecule has 0 saturated carbocycles. The molecule has 3 heterocycles. The third kappa shape index (κ3) is 5.61. The van der Waals surface area contributed by atoms with Crippen LogP contribution in [0.3, 0.4) is 0 Å². The Hall–Kier alpha value is -4.48. The summed E-state index contributed by atoms with van der Waals surface area (Å²) >= 11 is 1.07. The number of ether oxygens (including phenoxy) is 2. The zero-order chi connectivity index (χ0) is 28.3. The highest BCUT2D eigenvalue weighted by Crippen LogP contribution is 2.33. The van der Waals surface area contributed by atoms with Crippen molar-refractivity contribution in [2.75, 3.05) is 36.5 Å². The first kappa shape index (κ1) is 27.1. The molecule has 0 unspecified atom stereocenters. The molecule has 1 saturated heterocycles. The Kier molecular flexibility index (Phi) is 7.67. The Balaban J connectivity index is 1.40. The van der Waals surface area contributed by atoms with E-state index in [1.807, 2.05) is 56.3 Å². The monoisotopic (exact) mass is 559 g/mol. The Morgan fingerprint density at radius 1 is 1.05 bits per heavy atom. The van der Waals surface area contributed by atoms with Crippen LogP contribution in [-0.4, -0.2) is 54.0 Å². The van der Waals surface area contributed by atoms with Crippen molar-refractivity contribution in [2.45, 2.75) is 19.4 Å². The van der Waals surface area contributed by atoms with Gasteiger partial charge in [-0.2, -0.15) is 4.68 Å². The molecule has 2 aromatic carbocycles. The standard InChI is InChI=1S/C29H29N5O5S/c1-4-39-28(37)34-27-22(18-23(40-27)26(36)31-29(2,3)20-8-6-5-7-9-20)24(32-34)30-25(35)19-10-12-21(13-11-19)33-14-16-38-17-15-33/h4-13,18H,1,14-17H2,2-3H3,(H,31,36)(H,30,32,35). The molecule has 40 heavy (non-hydrogen) atoms. The van der Waals surface area contributed by atoms with Crippen molar-refractivity contribution < 1.29 is 23.9 Å². The van der Waals surface area contributed by atoms with Crippen LogP contribution in [0, 0.1) is 0 Å². The number of aromatic nitrogens is 2. The number of carbonyl (C=O) groups is 3. The van der Waals surface area contributed by atoms with Gasteiger partial charge >= 0.3 is 6.09 Å². The lowest BCUT2D eigenvalue weighted by atomic mass is 9.94. The van der Waals surface area contributed by atoms with Crippen LogP contribution in [0.2, 0.25) is 0 Å². The van der Waals surface area contributed by atoms with Crippen molar-refractivity contribution in [2.24, 2.45) is 0 Å². The molecule has 1 aliphatic heterocycles. The van der Waals surface area contributed by atoms with Gasteiger partial charge in [0.15, 0.2) is 5.82 Å². The van der Waals surface area contributed by atoms with Gasteiger partial charge in [0.1, 0.15) is 4.83 Å². The van der Waals surface area contributed by atoms with E-state index >= 15 is 0 Å². The number of hydrogen-bond acceptors (Lipinski definition) is 8. The van der Waals surface area contributed by atoms with E-state index in [2.05, 4.69) is 27.2 Å². The topological polar surface area (TPSA) is 115 Å². The Bertz CT molecular complexity index is 1550. The van der Waals surface area contributed by atoms with Gasteiger partial charge in [-0.15, -0.1) is 16.4 Å². The molecular weight excluding hydrogens is 530 g/mol. The van der Waals surface area contributed by atoms with E-state index < -0.39 is 17.5 Å². The highest BCUT2D eigenvalue weighted by Gasteiger charge is 2.27. The average Bonchev–Trinajstić information content (AvgIpc) is 3.55. The normalized spacial score (nSPS) is 13.6. The van der Waals surface area contributed by atoms with Crippen molar-refractivity contribution in [3.05, 3.63) is 89.5 Å². The first-order valence-corrected chi connectivity index (χ1v) is 13.5. The molecule has 0 atom stereocenters. The SMILES string of the molecule is C=COC(=O)n1nc(NC(=O)c2ccc(N3CCOCC3)cc2)c2cc(C(=O)NC(C)(C)c3ccccc3)sc21. The maximum Gasteiger partial charge on any atom is 0.440 e. The number of morpholine rings is 1. The second kappa shape index (κ2) is 11.3. The van der Waals surface area contributed by atoms with Crippen molar-refractivity contribution in [3.63, 3.8) is 0 Å². The predicted molar refractivity (Wildman–Crippen MR) is 154 cm³/mol. The van der Waals surface area contributed by atoms with E-state index in [0.29, 0.717) is 33.9 Å². The summed E-state index contributed by atoms with van der Waals surface area (Å²) in [7, 11) is 0. The highest BCUT2D eigenvalue weighted by atomic mass is 32.1. The quantitative estimate of drug-likeness (QED) is 0.307. The fourth-order valence-electron chi connectivity index (χ4n) is 4.45. The summed E-state index contributed by atoms with van der Waals surface area (Å²) < 4.78 is 11.3. The summed E-state index contributed by atoms with van der Waals surface area (Å²) in [5.74, 6) is -0.592. The van der Waals surface area contributed by atoms with Gasteiger partial charge in [-0.1, -0.05) is 36.9 Å². The number of anilines is 2. The summed E-state index contributed by atoms with van der Waals surface area (Å²) in [6.45, 7) is 10.2. The number of rotatable bonds is 7. The van der Waals surface area contributed by atoms with Crippen LogP contribution in [0.5, 0.6) is 0 Å². The number of nitrogens with zero attached hydrogens (tertiary/aromatic N) is 3. The van der Waals surface area contributed by atoms with Gasteiger partial charge in [0.2, 0.25) is 0 Å². The van der Waals surface area contributed by atoms with E-state index in [0.717, 1.165) is 46.6 Å². The third-order valence-corrected chi connectivity index (χ3v) is 7.71. The summed E-state index contributed by atoms with van der Waals surface area (Å²) in [4.78, 5) is 41.9. The van der Waals surface area contributed by atoms with E-state index in [-0.39, 0.29) is 11.7 Å². The molecule has 5 rings (SSSR count). The molecule has 206 valence electrons. The van der Waals surface area contributed by atoms with E-state index in [1.165, 1.54) is 0 Å². The fraction of sp³-hybridized carbons (Fsp3) is 0.241. The number of fused-ring (bicyclic) bond motifs is 1. The van der Waals surface area contributed by atoms with E-state index in [9.17, 15) is 14.4 Å². The van der Waals surface area contributed by atoms with Crippen LogP contribution in [-0.2, 0) is 15.0 Å². The van der Waals surface area contributed by atoms with Crippen LogP contribution in [0.25, 0.3) is 10.2 Å². The molecule has 4 aromatic rings. The Labute approximate surface area is 235 Å². The van der Waals surface area contributed by atoms with Crippen LogP contribution in [0.4, 0.5) is 16.3 Å². The molecule has 0 bridgehead atoms. The van der Waals surface area contributed by atoms with Crippen molar-refractivity contribution in [1.29, 1.82) is 0 Å². The second-order valence-electron chi connectivity index (χ2n) is 9.69. The van der Waals surface area contributed by atoms with Gasteiger partial charge in [0.05, 0.1) is 35.3 Å². The largest absolute Gasteiger partial charge is 0.440 e. The van der Waals surface area contributed by atoms with E-state index in [1.54, 1.807) is 18.2 Å². The molecule has 2 N–H and O–H groups in total.